The van der Waals surface area contributed by atoms with Gasteiger partial charge in [-0.05, 0) is 55.7 Å². The number of rotatable bonds is 7. The van der Waals surface area contributed by atoms with Gasteiger partial charge in [0.2, 0.25) is 0 Å². The van der Waals surface area contributed by atoms with Crippen molar-refractivity contribution < 1.29 is 9.47 Å². The normalized spacial score (nSPS) is 21.7. The Hall–Kier alpha value is -1.79. The average molecular weight is 389 g/mol. The fraction of sp³-hybridized carbons (Fsp3) is 0.682. The third-order valence-electron chi connectivity index (χ3n) is 5.87. The van der Waals surface area contributed by atoms with Crippen LogP contribution in [0.3, 0.4) is 0 Å². The number of hydrogen-bond donors (Lipinski definition) is 2. The van der Waals surface area contributed by atoms with Crippen LogP contribution in [0.4, 0.5) is 0 Å². The van der Waals surface area contributed by atoms with Crippen LogP contribution in [0.5, 0.6) is 5.75 Å². The number of ether oxygens (including phenoxy) is 2. The molecule has 0 aliphatic carbocycles. The number of likely N-dealkylation sites (tertiary alicyclic amines) is 1. The van der Waals surface area contributed by atoms with Gasteiger partial charge in [0.1, 0.15) is 5.75 Å². The van der Waals surface area contributed by atoms with E-state index in [0.29, 0.717) is 6.04 Å². The summed E-state index contributed by atoms with van der Waals surface area (Å²) in [5, 5.41) is 7.06. The van der Waals surface area contributed by atoms with Crippen molar-refractivity contribution in [1.82, 2.24) is 15.5 Å². The maximum atomic E-state index is 5.51. The zero-order chi connectivity index (χ0) is 19.8. The van der Waals surface area contributed by atoms with Gasteiger partial charge in [0.05, 0.1) is 13.7 Å². The Bertz CT molecular complexity index is 635. The molecule has 2 saturated heterocycles. The van der Waals surface area contributed by atoms with Gasteiger partial charge >= 0.3 is 0 Å². The van der Waals surface area contributed by atoms with Gasteiger partial charge in [0, 0.05) is 45.9 Å². The third kappa shape index (κ3) is 6.11. The summed E-state index contributed by atoms with van der Waals surface area (Å²) < 4.78 is 10.9. The Labute approximate surface area is 169 Å². The second kappa shape index (κ2) is 10.7. The van der Waals surface area contributed by atoms with E-state index in [9.17, 15) is 0 Å². The van der Waals surface area contributed by atoms with Crippen LogP contribution in [-0.2, 0) is 11.2 Å². The van der Waals surface area contributed by atoms with Crippen molar-refractivity contribution in [2.45, 2.75) is 38.6 Å². The van der Waals surface area contributed by atoms with Crippen LogP contribution < -0.4 is 15.4 Å². The van der Waals surface area contributed by atoms with Crippen LogP contribution in [0.2, 0.25) is 0 Å². The number of piperidine rings is 1. The van der Waals surface area contributed by atoms with E-state index in [1.54, 1.807) is 7.11 Å². The van der Waals surface area contributed by atoms with Gasteiger partial charge in [0.25, 0.3) is 0 Å². The van der Waals surface area contributed by atoms with E-state index in [1.807, 2.05) is 7.05 Å². The van der Waals surface area contributed by atoms with E-state index in [4.69, 9.17) is 9.47 Å². The summed E-state index contributed by atoms with van der Waals surface area (Å²) in [5.74, 6) is 2.59. The molecule has 2 aliphatic heterocycles. The molecule has 0 saturated carbocycles. The minimum atomic E-state index is 0.502. The fourth-order valence-electron chi connectivity index (χ4n) is 4.09. The number of nitrogens with one attached hydrogen (secondary N) is 2. The Morgan fingerprint density at radius 2 is 2.11 bits per heavy atom. The molecule has 0 radical (unpaired) electrons. The second-order valence-corrected chi connectivity index (χ2v) is 8.00. The van der Waals surface area contributed by atoms with E-state index >= 15 is 0 Å². The van der Waals surface area contributed by atoms with Crippen molar-refractivity contribution in [3.63, 3.8) is 0 Å². The van der Waals surface area contributed by atoms with E-state index in [1.165, 1.54) is 36.9 Å². The molecule has 1 unspecified atom stereocenters. The van der Waals surface area contributed by atoms with Gasteiger partial charge in [-0.2, -0.15) is 0 Å². The Kier molecular flexibility index (Phi) is 7.98. The van der Waals surface area contributed by atoms with Crippen LogP contribution >= 0.6 is 0 Å². The minimum Gasteiger partial charge on any atom is -0.496 e. The van der Waals surface area contributed by atoms with Gasteiger partial charge in [-0.1, -0.05) is 12.1 Å². The molecule has 0 spiro atoms. The summed E-state index contributed by atoms with van der Waals surface area (Å²) in [4.78, 5) is 7.00. The minimum absolute atomic E-state index is 0.502. The average Bonchev–Trinajstić information content (AvgIpc) is 3.23. The highest BCUT2D eigenvalue weighted by atomic mass is 16.5. The largest absolute Gasteiger partial charge is 0.496 e. The predicted octanol–water partition coefficient (Wildman–Crippen LogP) is 2.21. The first-order valence-corrected chi connectivity index (χ1v) is 10.6. The molecule has 1 atom stereocenters. The molecular formula is C22H36N4O2. The highest BCUT2D eigenvalue weighted by Gasteiger charge is 2.24. The van der Waals surface area contributed by atoms with Crippen molar-refractivity contribution in [1.29, 1.82) is 0 Å². The number of guanidine groups is 1. The second-order valence-electron chi connectivity index (χ2n) is 8.00. The van der Waals surface area contributed by atoms with Gasteiger partial charge in [0.15, 0.2) is 5.96 Å². The molecule has 2 aliphatic rings. The predicted molar refractivity (Wildman–Crippen MR) is 114 cm³/mol. The first-order valence-electron chi connectivity index (χ1n) is 10.6. The summed E-state index contributed by atoms with van der Waals surface area (Å²) in [6, 6.07) is 6.91. The molecule has 0 aromatic heterocycles. The summed E-state index contributed by atoms with van der Waals surface area (Å²) in [6.07, 6.45) is 4.51. The molecule has 1 aromatic rings. The Morgan fingerprint density at radius 3 is 2.79 bits per heavy atom. The SMILES string of the molecule is CN=C(NCCc1ccc(C)c(OC)c1)NC1CCN(CC2CCOC2)CC1. The molecule has 6 nitrogen and oxygen atoms in total. The molecule has 0 bridgehead atoms. The summed E-state index contributed by atoms with van der Waals surface area (Å²) >= 11 is 0. The van der Waals surface area contributed by atoms with Crippen molar-refractivity contribution in [2.75, 3.05) is 53.6 Å². The molecule has 156 valence electrons. The standard InChI is InChI=1S/C22H36N4O2/c1-17-4-5-18(14-21(17)27-3)6-10-24-22(23-2)25-20-7-11-26(12-8-20)15-19-9-13-28-16-19/h4-5,14,19-20H,6-13,15-16H2,1-3H3,(H2,23,24,25). The molecule has 28 heavy (non-hydrogen) atoms. The van der Waals surface area contributed by atoms with Crippen LogP contribution in [0.15, 0.2) is 23.2 Å². The fourth-order valence-corrected chi connectivity index (χ4v) is 4.09. The van der Waals surface area contributed by atoms with Gasteiger partial charge in [-0.15, -0.1) is 0 Å². The summed E-state index contributed by atoms with van der Waals surface area (Å²) in [7, 11) is 3.57. The van der Waals surface area contributed by atoms with Crippen LogP contribution in [0, 0.1) is 12.8 Å². The maximum absolute atomic E-state index is 5.51. The lowest BCUT2D eigenvalue weighted by atomic mass is 10.0. The van der Waals surface area contributed by atoms with Crippen LogP contribution in [0.25, 0.3) is 0 Å². The Balaban J connectivity index is 1.36. The monoisotopic (exact) mass is 388 g/mol. The first-order chi connectivity index (χ1) is 13.7. The molecule has 2 N–H and O–H groups in total. The molecule has 2 heterocycles. The number of aryl methyl sites for hydroxylation is 1. The number of hydrogen-bond acceptors (Lipinski definition) is 4. The molecule has 0 amide bonds. The lowest BCUT2D eigenvalue weighted by Crippen LogP contribution is -2.49. The zero-order valence-electron chi connectivity index (χ0n) is 17.7. The van der Waals surface area contributed by atoms with Crippen molar-refractivity contribution in [3.8, 4) is 5.75 Å². The van der Waals surface area contributed by atoms with E-state index in [2.05, 4.69) is 45.6 Å². The van der Waals surface area contributed by atoms with Gasteiger partial charge in [-0.3, -0.25) is 4.99 Å². The highest BCUT2D eigenvalue weighted by Crippen LogP contribution is 2.19. The van der Waals surface area contributed by atoms with Crippen molar-refractivity contribution in [3.05, 3.63) is 29.3 Å². The number of nitrogens with zero attached hydrogens (tertiary/aromatic N) is 2. The molecular weight excluding hydrogens is 352 g/mol. The lowest BCUT2D eigenvalue weighted by Gasteiger charge is -2.34. The lowest BCUT2D eigenvalue weighted by molar-refractivity contribution is 0.150. The molecule has 2 fully saturated rings. The quantitative estimate of drug-likeness (QED) is 0.554. The molecule has 3 rings (SSSR count). The van der Waals surface area contributed by atoms with Crippen LogP contribution in [-0.4, -0.2) is 70.5 Å². The molecule has 1 aromatic carbocycles. The number of benzene rings is 1. The maximum Gasteiger partial charge on any atom is 0.191 e. The van der Waals surface area contributed by atoms with Crippen LogP contribution in [0.1, 0.15) is 30.4 Å². The summed E-state index contributed by atoms with van der Waals surface area (Å²) in [5.41, 5.74) is 2.44. The molecule has 6 heteroatoms. The topological polar surface area (TPSA) is 58.1 Å². The van der Waals surface area contributed by atoms with E-state index in [0.717, 1.165) is 56.9 Å². The summed E-state index contributed by atoms with van der Waals surface area (Å²) in [6.45, 7) is 8.33. The third-order valence-corrected chi connectivity index (χ3v) is 5.87. The number of methoxy groups -OCH3 is 1. The smallest absolute Gasteiger partial charge is 0.191 e. The van der Waals surface area contributed by atoms with Gasteiger partial charge in [-0.25, -0.2) is 0 Å². The Morgan fingerprint density at radius 1 is 1.29 bits per heavy atom. The van der Waals surface area contributed by atoms with E-state index < -0.39 is 0 Å². The van der Waals surface area contributed by atoms with Crippen molar-refractivity contribution >= 4 is 5.96 Å². The zero-order valence-corrected chi connectivity index (χ0v) is 17.7. The van der Waals surface area contributed by atoms with Crippen molar-refractivity contribution in [2.24, 2.45) is 10.9 Å². The van der Waals surface area contributed by atoms with Gasteiger partial charge < -0.3 is 25.0 Å². The number of aliphatic imine (C=N–C) groups is 1. The highest BCUT2D eigenvalue weighted by molar-refractivity contribution is 5.79. The first kappa shape index (κ1) is 20.9. The van der Waals surface area contributed by atoms with E-state index in [-0.39, 0.29) is 0 Å².